The summed E-state index contributed by atoms with van der Waals surface area (Å²) in [4.78, 5) is 26.7. The average molecular weight is 367 g/mol. The van der Waals surface area contributed by atoms with Crippen molar-refractivity contribution in [3.8, 4) is 0 Å². The number of anilines is 2. The van der Waals surface area contributed by atoms with Crippen LogP contribution in [0.1, 0.15) is 24.0 Å². The van der Waals surface area contributed by atoms with E-state index in [0.717, 1.165) is 16.9 Å². The summed E-state index contributed by atoms with van der Waals surface area (Å²) >= 11 is 0. The van der Waals surface area contributed by atoms with Crippen molar-refractivity contribution in [1.29, 1.82) is 0 Å². The highest BCUT2D eigenvalue weighted by Crippen LogP contribution is 2.36. The molecule has 2 N–H and O–H groups in total. The summed E-state index contributed by atoms with van der Waals surface area (Å²) in [7, 11) is 0. The van der Waals surface area contributed by atoms with Crippen molar-refractivity contribution in [3.63, 3.8) is 0 Å². The van der Waals surface area contributed by atoms with Crippen LogP contribution >= 0.6 is 0 Å². The molecule has 2 unspecified atom stereocenters. The topological polar surface area (TPSA) is 61.4 Å². The van der Waals surface area contributed by atoms with Gasteiger partial charge in [0.2, 0.25) is 11.8 Å². The van der Waals surface area contributed by atoms with Crippen LogP contribution in [0.15, 0.2) is 42.5 Å². The molecule has 0 aromatic heterocycles. The van der Waals surface area contributed by atoms with Gasteiger partial charge in [-0.05, 0) is 49.1 Å². The Balaban J connectivity index is 1.36. The first kappa shape index (κ1) is 17.5. The van der Waals surface area contributed by atoms with Crippen LogP contribution in [0.2, 0.25) is 0 Å². The van der Waals surface area contributed by atoms with Crippen LogP contribution < -0.4 is 15.5 Å². The molecule has 140 valence electrons. The van der Waals surface area contributed by atoms with Crippen LogP contribution in [0.25, 0.3) is 0 Å². The summed E-state index contributed by atoms with van der Waals surface area (Å²) in [5, 5.41) is 5.96. The standard InChI is InChI=1S/C21H22FN3O2/c1-13-6-7-14(10-16(13)22)8-9-20(26)23-15-11-19-21(27)24-17-4-2-3-5-18(17)25(19)12-15/h2-7,10,15,19H,8-9,11-12H2,1H3,(H,23,26)(H,24,27). The predicted octanol–water partition coefficient (Wildman–Crippen LogP) is 2.78. The number of nitrogens with zero attached hydrogens (tertiary/aromatic N) is 1. The van der Waals surface area contributed by atoms with Gasteiger partial charge in [-0.1, -0.05) is 24.3 Å². The third-order valence-corrected chi connectivity index (χ3v) is 5.32. The molecule has 2 aliphatic heterocycles. The summed E-state index contributed by atoms with van der Waals surface area (Å²) in [6, 6.07) is 12.4. The van der Waals surface area contributed by atoms with Crippen molar-refractivity contribution < 1.29 is 14.0 Å². The highest BCUT2D eigenvalue weighted by Gasteiger charge is 2.41. The number of aryl methyl sites for hydroxylation is 2. The minimum atomic E-state index is -0.253. The third-order valence-electron chi connectivity index (χ3n) is 5.32. The molecule has 0 bridgehead atoms. The molecule has 0 spiro atoms. The summed E-state index contributed by atoms with van der Waals surface area (Å²) in [5.41, 5.74) is 3.22. The molecule has 5 nitrogen and oxygen atoms in total. The van der Waals surface area contributed by atoms with E-state index in [-0.39, 0.29) is 29.7 Å². The van der Waals surface area contributed by atoms with Gasteiger partial charge >= 0.3 is 0 Å². The lowest BCUT2D eigenvalue weighted by molar-refractivity contribution is -0.122. The van der Waals surface area contributed by atoms with E-state index in [1.54, 1.807) is 13.0 Å². The Morgan fingerprint density at radius 2 is 2.11 bits per heavy atom. The lowest BCUT2D eigenvalue weighted by Crippen LogP contribution is -2.44. The fraction of sp³-hybridized carbons (Fsp3) is 0.333. The Hall–Kier alpha value is -2.89. The zero-order valence-corrected chi connectivity index (χ0v) is 15.2. The van der Waals surface area contributed by atoms with E-state index in [1.165, 1.54) is 6.07 Å². The number of fused-ring (bicyclic) bond motifs is 3. The fourth-order valence-corrected chi connectivity index (χ4v) is 3.85. The molecule has 0 aliphatic carbocycles. The van der Waals surface area contributed by atoms with Crippen LogP contribution in [0.3, 0.4) is 0 Å². The number of para-hydroxylation sites is 2. The number of rotatable bonds is 4. The van der Waals surface area contributed by atoms with Gasteiger partial charge in [-0.15, -0.1) is 0 Å². The SMILES string of the molecule is Cc1ccc(CCC(=O)NC2CC3C(=O)Nc4ccccc4N3C2)cc1F. The van der Waals surface area contributed by atoms with Crippen molar-refractivity contribution in [1.82, 2.24) is 5.32 Å². The summed E-state index contributed by atoms with van der Waals surface area (Å²) in [5.74, 6) is -0.347. The molecule has 4 rings (SSSR count). The molecular weight excluding hydrogens is 345 g/mol. The van der Waals surface area contributed by atoms with Gasteiger partial charge in [0.15, 0.2) is 0 Å². The highest BCUT2D eigenvalue weighted by atomic mass is 19.1. The molecule has 6 heteroatoms. The van der Waals surface area contributed by atoms with Crippen molar-refractivity contribution in [3.05, 3.63) is 59.4 Å². The first-order valence-electron chi connectivity index (χ1n) is 9.22. The molecule has 2 aromatic rings. The zero-order valence-electron chi connectivity index (χ0n) is 15.2. The van der Waals surface area contributed by atoms with Crippen molar-refractivity contribution >= 4 is 23.2 Å². The number of halogens is 1. The van der Waals surface area contributed by atoms with Gasteiger partial charge in [0.1, 0.15) is 11.9 Å². The number of nitrogens with one attached hydrogen (secondary N) is 2. The van der Waals surface area contributed by atoms with E-state index in [0.29, 0.717) is 31.4 Å². The van der Waals surface area contributed by atoms with E-state index in [2.05, 4.69) is 15.5 Å². The molecule has 2 atom stereocenters. The largest absolute Gasteiger partial charge is 0.356 e. The average Bonchev–Trinajstić information content (AvgIpc) is 3.07. The second-order valence-corrected chi connectivity index (χ2v) is 7.26. The molecule has 2 amide bonds. The highest BCUT2D eigenvalue weighted by molar-refractivity contribution is 6.04. The quantitative estimate of drug-likeness (QED) is 0.874. The van der Waals surface area contributed by atoms with E-state index >= 15 is 0 Å². The fourth-order valence-electron chi connectivity index (χ4n) is 3.85. The Morgan fingerprint density at radius 1 is 1.30 bits per heavy atom. The Kier molecular flexibility index (Phi) is 4.56. The number of benzene rings is 2. The van der Waals surface area contributed by atoms with Crippen molar-refractivity contribution in [2.24, 2.45) is 0 Å². The maximum Gasteiger partial charge on any atom is 0.247 e. The smallest absolute Gasteiger partial charge is 0.247 e. The number of amides is 2. The normalized spacial score (nSPS) is 20.7. The van der Waals surface area contributed by atoms with E-state index in [9.17, 15) is 14.0 Å². The maximum atomic E-state index is 13.6. The van der Waals surface area contributed by atoms with E-state index in [4.69, 9.17) is 0 Å². The van der Waals surface area contributed by atoms with Gasteiger partial charge in [0.05, 0.1) is 11.4 Å². The van der Waals surface area contributed by atoms with Crippen LogP contribution in [-0.2, 0) is 16.0 Å². The first-order valence-corrected chi connectivity index (χ1v) is 9.22. The van der Waals surface area contributed by atoms with Crippen LogP contribution in [-0.4, -0.2) is 30.4 Å². The summed E-state index contributed by atoms with van der Waals surface area (Å²) < 4.78 is 13.6. The van der Waals surface area contributed by atoms with E-state index in [1.807, 2.05) is 30.3 Å². The lowest BCUT2D eigenvalue weighted by atomic mass is 10.1. The minimum absolute atomic E-state index is 0.0272. The summed E-state index contributed by atoms with van der Waals surface area (Å²) in [6.45, 7) is 2.33. The van der Waals surface area contributed by atoms with Crippen LogP contribution in [0, 0.1) is 12.7 Å². The molecule has 1 saturated heterocycles. The van der Waals surface area contributed by atoms with Crippen LogP contribution in [0.5, 0.6) is 0 Å². The minimum Gasteiger partial charge on any atom is -0.356 e. The molecule has 1 fully saturated rings. The molecule has 2 aliphatic rings. The molecule has 27 heavy (non-hydrogen) atoms. The van der Waals surface area contributed by atoms with Crippen molar-refractivity contribution in [2.75, 3.05) is 16.8 Å². The predicted molar refractivity (Wildman–Crippen MR) is 102 cm³/mol. The number of hydrogen-bond donors (Lipinski definition) is 2. The zero-order chi connectivity index (χ0) is 19.0. The Morgan fingerprint density at radius 3 is 2.93 bits per heavy atom. The van der Waals surface area contributed by atoms with Gasteiger partial charge in [-0.25, -0.2) is 4.39 Å². The number of carbonyl (C=O) groups is 2. The van der Waals surface area contributed by atoms with Gasteiger partial charge in [0, 0.05) is 19.0 Å². The van der Waals surface area contributed by atoms with Gasteiger partial charge in [-0.3, -0.25) is 9.59 Å². The number of carbonyl (C=O) groups excluding carboxylic acids is 2. The molecule has 2 heterocycles. The summed E-state index contributed by atoms with van der Waals surface area (Å²) in [6.07, 6.45) is 1.38. The maximum absolute atomic E-state index is 13.6. The Bertz CT molecular complexity index is 899. The molecule has 0 radical (unpaired) electrons. The molecule has 2 aromatic carbocycles. The van der Waals surface area contributed by atoms with Gasteiger partial charge in [-0.2, -0.15) is 0 Å². The van der Waals surface area contributed by atoms with E-state index < -0.39 is 0 Å². The van der Waals surface area contributed by atoms with Crippen molar-refractivity contribution in [2.45, 2.75) is 38.3 Å². The molecular formula is C21H22FN3O2. The first-order chi connectivity index (χ1) is 13.0. The second kappa shape index (κ2) is 7.02. The van der Waals surface area contributed by atoms with Crippen LogP contribution in [0.4, 0.5) is 15.8 Å². The lowest BCUT2D eigenvalue weighted by Gasteiger charge is -2.32. The van der Waals surface area contributed by atoms with Gasteiger partial charge < -0.3 is 15.5 Å². The third kappa shape index (κ3) is 3.52. The monoisotopic (exact) mass is 367 g/mol. The second-order valence-electron chi connectivity index (χ2n) is 7.26. The molecule has 0 saturated carbocycles. The van der Waals surface area contributed by atoms with Gasteiger partial charge in [0.25, 0.3) is 0 Å². The Labute approximate surface area is 157 Å². The number of hydrogen-bond acceptors (Lipinski definition) is 3.